The number of carbonyl (C=O) groups excluding carboxylic acids is 1. The number of fused-ring (bicyclic) bond motifs is 1. The minimum absolute atomic E-state index is 0.0779. The Morgan fingerprint density at radius 3 is 2.79 bits per heavy atom. The SMILES string of the molecule is Cn1ncc(C(=O)N2CCCC3CCCCC32)c1Cc1cccc(C(=O)O)c1. The zero-order valence-electron chi connectivity index (χ0n) is 16.3. The predicted octanol–water partition coefficient (Wildman–Crippen LogP) is 3.50. The Labute approximate surface area is 165 Å². The quantitative estimate of drug-likeness (QED) is 0.879. The smallest absolute Gasteiger partial charge is 0.335 e. The van der Waals surface area contributed by atoms with Crippen LogP contribution in [0.5, 0.6) is 0 Å². The summed E-state index contributed by atoms with van der Waals surface area (Å²) in [5.74, 6) is -0.229. The van der Waals surface area contributed by atoms with Crippen molar-refractivity contribution in [3.8, 4) is 0 Å². The van der Waals surface area contributed by atoms with E-state index in [1.54, 1.807) is 29.1 Å². The van der Waals surface area contributed by atoms with Crippen molar-refractivity contribution in [2.24, 2.45) is 13.0 Å². The minimum Gasteiger partial charge on any atom is -0.478 e. The third-order valence-electron chi connectivity index (χ3n) is 6.34. The number of piperidine rings is 1. The van der Waals surface area contributed by atoms with Crippen molar-refractivity contribution in [2.45, 2.75) is 51.0 Å². The summed E-state index contributed by atoms with van der Waals surface area (Å²) in [5.41, 5.74) is 2.61. The van der Waals surface area contributed by atoms with E-state index in [2.05, 4.69) is 10.00 Å². The first-order chi connectivity index (χ1) is 13.5. The van der Waals surface area contributed by atoms with Crippen LogP contribution in [0, 0.1) is 5.92 Å². The highest BCUT2D eigenvalue weighted by Gasteiger charge is 2.37. The van der Waals surface area contributed by atoms with Crippen LogP contribution in [0.15, 0.2) is 30.5 Å². The molecule has 1 amide bonds. The molecule has 1 saturated heterocycles. The molecule has 4 rings (SSSR count). The molecule has 0 spiro atoms. The Morgan fingerprint density at radius 1 is 1.18 bits per heavy atom. The van der Waals surface area contributed by atoms with Gasteiger partial charge >= 0.3 is 5.97 Å². The molecule has 2 atom stereocenters. The van der Waals surface area contributed by atoms with E-state index in [1.807, 2.05) is 13.1 Å². The lowest BCUT2D eigenvalue weighted by atomic mass is 9.78. The fourth-order valence-electron chi connectivity index (χ4n) is 4.89. The highest BCUT2D eigenvalue weighted by atomic mass is 16.4. The Morgan fingerprint density at radius 2 is 1.96 bits per heavy atom. The zero-order chi connectivity index (χ0) is 19.7. The summed E-state index contributed by atoms with van der Waals surface area (Å²) < 4.78 is 1.74. The molecule has 148 valence electrons. The normalized spacial score (nSPS) is 22.0. The monoisotopic (exact) mass is 381 g/mol. The van der Waals surface area contributed by atoms with Gasteiger partial charge in [-0.15, -0.1) is 0 Å². The lowest BCUT2D eigenvalue weighted by Crippen LogP contribution is -2.49. The van der Waals surface area contributed by atoms with Gasteiger partial charge in [-0.3, -0.25) is 9.48 Å². The van der Waals surface area contributed by atoms with E-state index < -0.39 is 5.97 Å². The molecule has 2 fully saturated rings. The van der Waals surface area contributed by atoms with Gasteiger partial charge in [0.05, 0.1) is 23.0 Å². The lowest BCUT2D eigenvalue weighted by Gasteiger charge is -2.44. The summed E-state index contributed by atoms with van der Waals surface area (Å²) in [7, 11) is 1.84. The van der Waals surface area contributed by atoms with E-state index >= 15 is 0 Å². The summed E-state index contributed by atoms with van der Waals surface area (Å²) in [6.45, 7) is 0.822. The van der Waals surface area contributed by atoms with Gasteiger partial charge in [-0.1, -0.05) is 25.0 Å². The summed E-state index contributed by atoms with van der Waals surface area (Å²) >= 11 is 0. The number of carboxylic acid groups (broad SMARTS) is 1. The molecule has 2 heterocycles. The topological polar surface area (TPSA) is 75.4 Å². The van der Waals surface area contributed by atoms with Gasteiger partial charge in [0.2, 0.25) is 0 Å². The van der Waals surface area contributed by atoms with Crippen LogP contribution in [0.2, 0.25) is 0 Å². The van der Waals surface area contributed by atoms with E-state index in [4.69, 9.17) is 0 Å². The van der Waals surface area contributed by atoms with E-state index in [9.17, 15) is 14.7 Å². The zero-order valence-corrected chi connectivity index (χ0v) is 16.3. The highest BCUT2D eigenvalue weighted by Crippen LogP contribution is 2.36. The number of amides is 1. The van der Waals surface area contributed by atoms with Crippen LogP contribution < -0.4 is 0 Å². The molecule has 1 aromatic heterocycles. The van der Waals surface area contributed by atoms with Crippen LogP contribution >= 0.6 is 0 Å². The second-order valence-electron chi connectivity index (χ2n) is 8.06. The summed E-state index contributed by atoms with van der Waals surface area (Å²) in [4.78, 5) is 26.8. The number of aromatic carboxylic acids is 1. The number of likely N-dealkylation sites (tertiary alicyclic amines) is 1. The van der Waals surface area contributed by atoms with Gasteiger partial charge in [-0.2, -0.15) is 5.10 Å². The van der Waals surface area contributed by atoms with Crippen molar-refractivity contribution < 1.29 is 14.7 Å². The van der Waals surface area contributed by atoms with E-state index in [-0.39, 0.29) is 11.5 Å². The molecular weight excluding hydrogens is 354 g/mol. The molecule has 2 aromatic rings. The maximum atomic E-state index is 13.4. The maximum Gasteiger partial charge on any atom is 0.335 e. The summed E-state index contributed by atoms with van der Waals surface area (Å²) in [6, 6.07) is 7.25. The first-order valence-corrected chi connectivity index (χ1v) is 10.2. The number of hydrogen-bond acceptors (Lipinski definition) is 3. The second-order valence-corrected chi connectivity index (χ2v) is 8.06. The van der Waals surface area contributed by atoms with E-state index in [0.717, 1.165) is 30.6 Å². The minimum atomic E-state index is -0.945. The van der Waals surface area contributed by atoms with Gasteiger partial charge in [0, 0.05) is 26.1 Å². The molecule has 6 nitrogen and oxygen atoms in total. The van der Waals surface area contributed by atoms with E-state index in [1.165, 1.54) is 25.7 Å². The molecule has 6 heteroatoms. The second kappa shape index (κ2) is 7.78. The van der Waals surface area contributed by atoms with Crippen molar-refractivity contribution in [3.63, 3.8) is 0 Å². The summed E-state index contributed by atoms with van der Waals surface area (Å²) in [5, 5.41) is 13.6. The van der Waals surface area contributed by atoms with Gasteiger partial charge in [-0.25, -0.2) is 4.79 Å². The van der Waals surface area contributed by atoms with Crippen molar-refractivity contribution in [1.82, 2.24) is 14.7 Å². The molecular formula is C22H27N3O3. The molecule has 1 N–H and O–H groups in total. The number of hydrogen-bond donors (Lipinski definition) is 1. The van der Waals surface area contributed by atoms with Gasteiger partial charge in [0.1, 0.15) is 0 Å². The number of aromatic nitrogens is 2. The average molecular weight is 381 g/mol. The van der Waals surface area contributed by atoms with Crippen LogP contribution in [0.3, 0.4) is 0 Å². The largest absolute Gasteiger partial charge is 0.478 e. The fourth-order valence-corrected chi connectivity index (χ4v) is 4.89. The Bertz CT molecular complexity index is 887. The van der Waals surface area contributed by atoms with Gasteiger partial charge in [0.25, 0.3) is 5.91 Å². The Balaban J connectivity index is 1.60. The maximum absolute atomic E-state index is 13.4. The van der Waals surface area contributed by atoms with Crippen LogP contribution in [0.1, 0.15) is 70.5 Å². The molecule has 2 aliphatic rings. The number of carbonyl (C=O) groups is 2. The van der Waals surface area contributed by atoms with Crippen molar-refractivity contribution in [1.29, 1.82) is 0 Å². The number of nitrogens with zero attached hydrogens (tertiary/aromatic N) is 3. The highest BCUT2D eigenvalue weighted by molar-refractivity contribution is 5.95. The summed E-state index contributed by atoms with van der Waals surface area (Å²) in [6.07, 6.45) is 9.28. The van der Waals surface area contributed by atoms with Gasteiger partial charge in [-0.05, 0) is 49.3 Å². The van der Waals surface area contributed by atoms with Crippen molar-refractivity contribution in [2.75, 3.05) is 6.54 Å². The number of benzene rings is 1. The molecule has 0 bridgehead atoms. The molecule has 1 saturated carbocycles. The van der Waals surface area contributed by atoms with Crippen LogP contribution in [-0.2, 0) is 13.5 Å². The van der Waals surface area contributed by atoms with Crippen LogP contribution in [0.4, 0.5) is 0 Å². The van der Waals surface area contributed by atoms with E-state index in [0.29, 0.717) is 23.9 Å². The first kappa shape index (κ1) is 18.7. The number of rotatable bonds is 4. The Hall–Kier alpha value is -2.63. The fraction of sp³-hybridized carbons (Fsp3) is 0.500. The predicted molar refractivity (Wildman–Crippen MR) is 105 cm³/mol. The third kappa shape index (κ3) is 3.55. The lowest BCUT2D eigenvalue weighted by molar-refractivity contribution is 0.0389. The van der Waals surface area contributed by atoms with Crippen molar-refractivity contribution >= 4 is 11.9 Å². The van der Waals surface area contributed by atoms with Crippen LogP contribution in [-0.4, -0.2) is 44.3 Å². The van der Waals surface area contributed by atoms with Gasteiger partial charge < -0.3 is 10.0 Å². The molecule has 1 aliphatic carbocycles. The molecule has 2 unspecified atom stereocenters. The third-order valence-corrected chi connectivity index (χ3v) is 6.34. The Kier molecular flexibility index (Phi) is 5.20. The van der Waals surface area contributed by atoms with Crippen LogP contribution in [0.25, 0.3) is 0 Å². The number of aryl methyl sites for hydroxylation is 1. The number of carboxylic acids is 1. The first-order valence-electron chi connectivity index (χ1n) is 10.2. The molecule has 28 heavy (non-hydrogen) atoms. The van der Waals surface area contributed by atoms with Gasteiger partial charge in [0.15, 0.2) is 0 Å². The standard InChI is InChI=1S/C22H27N3O3/c1-24-20(13-15-6-4-8-17(12-15)22(27)28)18(14-23-24)21(26)25-11-5-9-16-7-2-3-10-19(16)25/h4,6,8,12,14,16,19H,2-3,5,7,9-11,13H2,1H3,(H,27,28). The van der Waals surface area contributed by atoms with Crippen molar-refractivity contribution in [3.05, 3.63) is 52.8 Å². The molecule has 0 radical (unpaired) electrons. The average Bonchev–Trinajstić information content (AvgIpc) is 3.07. The molecule has 1 aromatic carbocycles. The molecule has 1 aliphatic heterocycles.